The second-order valence-corrected chi connectivity index (χ2v) is 6.07. The van der Waals surface area contributed by atoms with Crippen LogP contribution in [-0.4, -0.2) is 32.5 Å². The monoisotopic (exact) mass is 334 g/mol. The van der Waals surface area contributed by atoms with Gasteiger partial charge in [-0.15, -0.1) is 0 Å². The number of anilines is 1. The Morgan fingerprint density at radius 2 is 1.76 bits per heavy atom. The normalized spacial score (nSPS) is 15.2. The van der Waals surface area contributed by atoms with Gasteiger partial charge in [0, 0.05) is 24.7 Å². The fourth-order valence-electron chi connectivity index (χ4n) is 3.13. The number of morpholine rings is 1. The average Bonchev–Trinajstić information content (AvgIpc) is 2.67. The third-order valence-corrected chi connectivity index (χ3v) is 4.44. The van der Waals surface area contributed by atoms with E-state index in [9.17, 15) is 4.39 Å². The maximum atomic E-state index is 14.5. The van der Waals surface area contributed by atoms with Crippen LogP contribution in [0.3, 0.4) is 0 Å². The number of halogens is 1. The van der Waals surface area contributed by atoms with Crippen molar-refractivity contribution in [3.8, 4) is 0 Å². The zero-order valence-electron chi connectivity index (χ0n) is 13.9. The van der Waals surface area contributed by atoms with Crippen LogP contribution in [0.2, 0.25) is 0 Å². The molecule has 0 unspecified atom stereocenters. The first-order valence-electron chi connectivity index (χ1n) is 8.45. The van der Waals surface area contributed by atoms with Crippen LogP contribution in [0.4, 0.5) is 15.8 Å². The highest BCUT2D eigenvalue weighted by Crippen LogP contribution is 2.26. The summed E-state index contributed by atoms with van der Waals surface area (Å²) in [6.07, 6.45) is 1.72. The van der Waals surface area contributed by atoms with E-state index in [0.717, 1.165) is 35.1 Å². The molecule has 0 radical (unpaired) electrons. The molecule has 3 aromatic carbocycles. The predicted molar refractivity (Wildman–Crippen MR) is 101 cm³/mol. The summed E-state index contributed by atoms with van der Waals surface area (Å²) in [5, 5.41) is 2.23. The molecule has 1 saturated heterocycles. The first kappa shape index (κ1) is 15.8. The summed E-state index contributed by atoms with van der Waals surface area (Å²) < 4.78 is 19.8. The van der Waals surface area contributed by atoms with Crippen LogP contribution in [0.25, 0.3) is 10.8 Å². The van der Waals surface area contributed by atoms with Crippen molar-refractivity contribution in [2.24, 2.45) is 4.99 Å². The van der Waals surface area contributed by atoms with Gasteiger partial charge in [-0.1, -0.05) is 42.5 Å². The molecule has 0 N–H and O–H groups in total. The fourth-order valence-corrected chi connectivity index (χ4v) is 3.13. The number of hydrogen-bond acceptors (Lipinski definition) is 3. The van der Waals surface area contributed by atoms with E-state index in [1.807, 2.05) is 47.4 Å². The first-order valence-corrected chi connectivity index (χ1v) is 8.45. The van der Waals surface area contributed by atoms with Crippen LogP contribution in [0.15, 0.2) is 65.7 Å². The lowest BCUT2D eigenvalue weighted by Gasteiger charge is -2.29. The predicted octanol–water partition coefficient (Wildman–Crippen LogP) is 4.57. The number of nitrogens with zero attached hydrogens (tertiary/aromatic N) is 2. The van der Waals surface area contributed by atoms with Crippen LogP contribution in [0.5, 0.6) is 0 Å². The van der Waals surface area contributed by atoms with E-state index in [-0.39, 0.29) is 5.82 Å². The van der Waals surface area contributed by atoms with Gasteiger partial charge >= 0.3 is 0 Å². The van der Waals surface area contributed by atoms with Crippen molar-refractivity contribution in [2.75, 3.05) is 31.2 Å². The van der Waals surface area contributed by atoms with Gasteiger partial charge in [0.25, 0.3) is 0 Å². The van der Waals surface area contributed by atoms with E-state index < -0.39 is 0 Å². The zero-order valence-corrected chi connectivity index (χ0v) is 13.9. The molecule has 0 aliphatic carbocycles. The van der Waals surface area contributed by atoms with Gasteiger partial charge in [-0.3, -0.25) is 4.99 Å². The Bertz CT molecular complexity index is 911. The number of hydrogen-bond donors (Lipinski definition) is 0. The van der Waals surface area contributed by atoms with E-state index in [1.54, 1.807) is 12.3 Å². The highest BCUT2D eigenvalue weighted by molar-refractivity contribution is 5.95. The third-order valence-electron chi connectivity index (χ3n) is 4.44. The molecule has 0 spiro atoms. The Morgan fingerprint density at radius 1 is 0.960 bits per heavy atom. The van der Waals surface area contributed by atoms with Crippen molar-refractivity contribution >= 4 is 28.4 Å². The molecule has 3 aromatic rings. The smallest absolute Gasteiger partial charge is 0.147 e. The summed E-state index contributed by atoms with van der Waals surface area (Å²) in [5.74, 6) is -0.219. The molecule has 1 aliphatic rings. The quantitative estimate of drug-likeness (QED) is 0.656. The molecule has 1 aliphatic heterocycles. The van der Waals surface area contributed by atoms with Crippen LogP contribution in [0.1, 0.15) is 5.56 Å². The molecule has 0 atom stereocenters. The highest BCUT2D eigenvalue weighted by Gasteiger charge is 2.14. The molecule has 0 amide bonds. The van der Waals surface area contributed by atoms with Gasteiger partial charge in [0.05, 0.1) is 24.6 Å². The lowest BCUT2D eigenvalue weighted by Crippen LogP contribution is -2.36. The Morgan fingerprint density at radius 3 is 2.60 bits per heavy atom. The van der Waals surface area contributed by atoms with Crippen LogP contribution in [0, 0.1) is 5.82 Å². The summed E-state index contributed by atoms with van der Waals surface area (Å²) in [6.45, 7) is 2.73. The van der Waals surface area contributed by atoms with E-state index in [0.29, 0.717) is 18.9 Å². The van der Waals surface area contributed by atoms with Crippen LogP contribution >= 0.6 is 0 Å². The summed E-state index contributed by atoms with van der Waals surface area (Å²) in [6, 6.07) is 19.4. The second kappa shape index (κ2) is 7.03. The van der Waals surface area contributed by atoms with E-state index in [4.69, 9.17) is 4.74 Å². The number of ether oxygens (including phenoxy) is 1. The number of fused-ring (bicyclic) bond motifs is 1. The minimum atomic E-state index is -0.219. The van der Waals surface area contributed by atoms with Crippen molar-refractivity contribution in [3.63, 3.8) is 0 Å². The molecule has 0 saturated carbocycles. The maximum absolute atomic E-state index is 14.5. The summed E-state index contributed by atoms with van der Waals surface area (Å²) >= 11 is 0. The van der Waals surface area contributed by atoms with Crippen LogP contribution in [-0.2, 0) is 4.74 Å². The summed E-state index contributed by atoms with van der Waals surface area (Å²) in [5.41, 5.74) is 2.27. The number of benzene rings is 3. The Balaban J connectivity index is 1.60. The first-order chi connectivity index (χ1) is 12.3. The molecule has 0 aromatic heterocycles. The lowest BCUT2D eigenvalue weighted by atomic mass is 10.1. The maximum Gasteiger partial charge on any atom is 0.147 e. The largest absolute Gasteiger partial charge is 0.378 e. The van der Waals surface area contributed by atoms with Crippen molar-refractivity contribution in [1.29, 1.82) is 0 Å². The molecular formula is C21H19FN2O. The number of rotatable bonds is 3. The molecule has 25 heavy (non-hydrogen) atoms. The van der Waals surface area contributed by atoms with E-state index >= 15 is 0 Å². The van der Waals surface area contributed by atoms with Crippen molar-refractivity contribution in [1.82, 2.24) is 0 Å². The average molecular weight is 334 g/mol. The topological polar surface area (TPSA) is 24.8 Å². The molecule has 1 heterocycles. The highest BCUT2D eigenvalue weighted by atomic mass is 19.1. The minimum Gasteiger partial charge on any atom is -0.378 e. The molecule has 1 fully saturated rings. The molecular weight excluding hydrogens is 315 g/mol. The van der Waals surface area contributed by atoms with E-state index in [1.165, 1.54) is 0 Å². The van der Waals surface area contributed by atoms with Gasteiger partial charge in [0.1, 0.15) is 5.82 Å². The molecule has 0 bridgehead atoms. The van der Waals surface area contributed by atoms with Crippen LogP contribution < -0.4 is 4.90 Å². The van der Waals surface area contributed by atoms with Gasteiger partial charge in [-0.25, -0.2) is 4.39 Å². The molecule has 126 valence electrons. The molecule has 3 nitrogen and oxygen atoms in total. The van der Waals surface area contributed by atoms with Gasteiger partial charge in [0.15, 0.2) is 0 Å². The summed E-state index contributed by atoms with van der Waals surface area (Å²) in [4.78, 5) is 6.58. The molecule has 4 heteroatoms. The van der Waals surface area contributed by atoms with Gasteiger partial charge in [-0.05, 0) is 29.1 Å². The fraction of sp³-hybridized carbons (Fsp3) is 0.190. The lowest BCUT2D eigenvalue weighted by molar-refractivity contribution is 0.122. The minimum absolute atomic E-state index is 0.219. The van der Waals surface area contributed by atoms with Crippen molar-refractivity contribution in [2.45, 2.75) is 0 Å². The number of aliphatic imine (C=N–C) groups is 1. The van der Waals surface area contributed by atoms with E-state index in [2.05, 4.69) is 17.1 Å². The Labute approximate surface area is 146 Å². The summed E-state index contributed by atoms with van der Waals surface area (Å²) in [7, 11) is 0. The standard InChI is InChI=1S/C21H19FN2O/c22-19-14-16(8-9-21(19)24-10-12-25-13-11-24)15-23-20-7-3-5-17-4-1-2-6-18(17)20/h1-9,14-15H,10-13H2. The van der Waals surface area contributed by atoms with Gasteiger partial charge < -0.3 is 9.64 Å². The SMILES string of the molecule is Fc1cc(C=Nc2cccc3ccccc23)ccc1N1CCOCC1. The Hall–Kier alpha value is -2.72. The van der Waals surface area contributed by atoms with Crippen molar-refractivity contribution < 1.29 is 9.13 Å². The van der Waals surface area contributed by atoms with Crippen molar-refractivity contribution in [3.05, 3.63) is 72.0 Å². The van der Waals surface area contributed by atoms with Gasteiger partial charge in [0.2, 0.25) is 0 Å². The third kappa shape index (κ3) is 3.39. The van der Waals surface area contributed by atoms with Gasteiger partial charge in [-0.2, -0.15) is 0 Å². The zero-order chi connectivity index (χ0) is 17.1. The second-order valence-electron chi connectivity index (χ2n) is 6.07. The molecule has 4 rings (SSSR count). The Kier molecular flexibility index (Phi) is 4.44.